The van der Waals surface area contributed by atoms with Crippen molar-refractivity contribution in [2.24, 2.45) is 5.41 Å². The number of aliphatic hydroxyl groups is 1. The standard InChI is InChI=1S/C15H21Cl2NO2/c1-15(6-3-7-15)10-18-8-11(19)9-20-14-12(16)4-2-5-13(14)17/h2,4-5,11,18-19H,3,6-10H2,1H3. The van der Waals surface area contributed by atoms with Crippen LogP contribution in [0.1, 0.15) is 26.2 Å². The fourth-order valence-corrected chi connectivity index (χ4v) is 2.86. The summed E-state index contributed by atoms with van der Waals surface area (Å²) in [5.41, 5.74) is 0.409. The van der Waals surface area contributed by atoms with Crippen LogP contribution in [0.25, 0.3) is 0 Å². The molecule has 112 valence electrons. The number of aliphatic hydroxyl groups excluding tert-OH is 1. The van der Waals surface area contributed by atoms with E-state index in [1.807, 2.05) is 0 Å². The lowest BCUT2D eigenvalue weighted by Crippen LogP contribution is -2.41. The van der Waals surface area contributed by atoms with Crippen molar-refractivity contribution in [3.63, 3.8) is 0 Å². The Kier molecular flexibility index (Phi) is 5.56. The zero-order chi connectivity index (χ0) is 14.6. The molecular weight excluding hydrogens is 297 g/mol. The largest absolute Gasteiger partial charge is 0.488 e. The summed E-state index contributed by atoms with van der Waals surface area (Å²) >= 11 is 12.0. The van der Waals surface area contributed by atoms with Crippen molar-refractivity contribution in [1.29, 1.82) is 0 Å². The Balaban J connectivity index is 1.70. The van der Waals surface area contributed by atoms with Crippen LogP contribution in [-0.4, -0.2) is 30.9 Å². The first-order valence-electron chi connectivity index (χ1n) is 6.96. The number of hydrogen-bond donors (Lipinski definition) is 2. The van der Waals surface area contributed by atoms with Gasteiger partial charge in [0.15, 0.2) is 5.75 Å². The maximum atomic E-state index is 9.91. The quantitative estimate of drug-likeness (QED) is 0.808. The van der Waals surface area contributed by atoms with Gasteiger partial charge in [-0.05, 0) is 30.4 Å². The number of ether oxygens (including phenoxy) is 1. The lowest BCUT2D eigenvalue weighted by Gasteiger charge is -2.38. The van der Waals surface area contributed by atoms with Gasteiger partial charge >= 0.3 is 0 Å². The van der Waals surface area contributed by atoms with Gasteiger partial charge in [-0.3, -0.25) is 0 Å². The van der Waals surface area contributed by atoms with Crippen molar-refractivity contribution in [3.8, 4) is 5.75 Å². The summed E-state index contributed by atoms with van der Waals surface area (Å²) < 4.78 is 5.50. The second-order valence-electron chi connectivity index (χ2n) is 5.81. The van der Waals surface area contributed by atoms with E-state index >= 15 is 0 Å². The molecule has 0 aliphatic heterocycles. The van der Waals surface area contributed by atoms with Crippen molar-refractivity contribution in [3.05, 3.63) is 28.2 Å². The predicted octanol–water partition coefficient (Wildman–Crippen LogP) is 3.51. The molecule has 2 N–H and O–H groups in total. The Hall–Kier alpha value is -0.480. The first-order chi connectivity index (χ1) is 9.50. The number of hydrogen-bond acceptors (Lipinski definition) is 3. The van der Waals surface area contributed by atoms with Gasteiger partial charge in [0.05, 0.1) is 10.0 Å². The minimum Gasteiger partial charge on any atom is -0.488 e. The van der Waals surface area contributed by atoms with E-state index in [1.54, 1.807) is 18.2 Å². The Bertz CT molecular complexity index is 429. The van der Waals surface area contributed by atoms with Crippen molar-refractivity contribution < 1.29 is 9.84 Å². The molecule has 0 amide bonds. The van der Waals surface area contributed by atoms with Crippen LogP contribution in [0.2, 0.25) is 10.0 Å². The Labute approximate surface area is 130 Å². The average Bonchev–Trinajstić information content (AvgIpc) is 2.36. The van der Waals surface area contributed by atoms with E-state index in [-0.39, 0.29) is 6.61 Å². The summed E-state index contributed by atoms with van der Waals surface area (Å²) in [6.07, 6.45) is 3.27. The van der Waals surface area contributed by atoms with Crippen molar-refractivity contribution in [2.75, 3.05) is 19.7 Å². The summed E-state index contributed by atoms with van der Waals surface area (Å²) in [4.78, 5) is 0. The smallest absolute Gasteiger partial charge is 0.156 e. The fourth-order valence-electron chi connectivity index (χ4n) is 2.36. The zero-order valence-electron chi connectivity index (χ0n) is 11.7. The first-order valence-corrected chi connectivity index (χ1v) is 7.71. The van der Waals surface area contributed by atoms with Crippen molar-refractivity contribution in [2.45, 2.75) is 32.3 Å². The van der Waals surface area contributed by atoms with Crippen LogP contribution in [0.4, 0.5) is 0 Å². The van der Waals surface area contributed by atoms with Gasteiger partial charge < -0.3 is 15.2 Å². The fraction of sp³-hybridized carbons (Fsp3) is 0.600. The van der Waals surface area contributed by atoms with Gasteiger partial charge in [0.2, 0.25) is 0 Å². The monoisotopic (exact) mass is 317 g/mol. The van der Waals surface area contributed by atoms with Crippen LogP contribution in [0.5, 0.6) is 5.75 Å². The molecule has 20 heavy (non-hydrogen) atoms. The number of para-hydroxylation sites is 1. The molecule has 3 nitrogen and oxygen atoms in total. The van der Waals surface area contributed by atoms with Gasteiger partial charge in [-0.25, -0.2) is 0 Å². The highest BCUT2D eigenvalue weighted by atomic mass is 35.5. The summed E-state index contributed by atoms with van der Waals surface area (Å²) in [6, 6.07) is 5.19. The maximum absolute atomic E-state index is 9.91. The van der Waals surface area contributed by atoms with Crippen LogP contribution < -0.4 is 10.1 Å². The number of halogens is 2. The summed E-state index contributed by atoms with van der Waals surface area (Å²) in [5, 5.41) is 14.1. The van der Waals surface area contributed by atoms with Crippen LogP contribution >= 0.6 is 23.2 Å². The molecule has 0 saturated heterocycles. The van der Waals surface area contributed by atoms with Gasteiger partial charge in [-0.1, -0.05) is 42.6 Å². The molecule has 1 unspecified atom stereocenters. The molecule has 1 aromatic carbocycles. The molecule has 5 heteroatoms. The van der Waals surface area contributed by atoms with E-state index in [1.165, 1.54) is 19.3 Å². The minimum atomic E-state index is -0.578. The highest BCUT2D eigenvalue weighted by Gasteiger charge is 2.31. The van der Waals surface area contributed by atoms with Gasteiger partial charge in [-0.15, -0.1) is 0 Å². The second-order valence-corrected chi connectivity index (χ2v) is 6.63. The maximum Gasteiger partial charge on any atom is 0.156 e. The third-order valence-electron chi connectivity index (χ3n) is 3.83. The van der Waals surface area contributed by atoms with E-state index in [2.05, 4.69) is 12.2 Å². The molecule has 1 saturated carbocycles. The third kappa shape index (κ3) is 4.26. The molecular formula is C15H21Cl2NO2. The van der Waals surface area contributed by atoms with Crippen LogP contribution in [0, 0.1) is 5.41 Å². The lowest BCUT2D eigenvalue weighted by atomic mass is 9.70. The predicted molar refractivity (Wildman–Crippen MR) is 82.8 cm³/mol. The molecule has 0 heterocycles. The first kappa shape index (κ1) is 15.9. The molecule has 1 atom stereocenters. The third-order valence-corrected chi connectivity index (χ3v) is 4.43. The summed E-state index contributed by atoms with van der Waals surface area (Å²) in [6.45, 7) is 3.90. The average molecular weight is 318 g/mol. The zero-order valence-corrected chi connectivity index (χ0v) is 13.2. The van der Waals surface area contributed by atoms with E-state index < -0.39 is 6.10 Å². The minimum absolute atomic E-state index is 0.174. The normalized spacial score (nSPS) is 18.4. The lowest BCUT2D eigenvalue weighted by molar-refractivity contribution is 0.0947. The Morgan fingerprint density at radius 3 is 2.55 bits per heavy atom. The summed E-state index contributed by atoms with van der Waals surface area (Å²) in [7, 11) is 0. The van der Waals surface area contributed by atoms with Crippen LogP contribution in [0.15, 0.2) is 18.2 Å². The van der Waals surface area contributed by atoms with Crippen molar-refractivity contribution >= 4 is 23.2 Å². The number of nitrogens with one attached hydrogen (secondary N) is 1. The molecule has 2 rings (SSSR count). The molecule has 1 aliphatic carbocycles. The molecule has 1 aromatic rings. The van der Waals surface area contributed by atoms with Gasteiger partial charge in [-0.2, -0.15) is 0 Å². The van der Waals surface area contributed by atoms with E-state index in [4.69, 9.17) is 27.9 Å². The van der Waals surface area contributed by atoms with Gasteiger partial charge in [0.25, 0.3) is 0 Å². The van der Waals surface area contributed by atoms with Crippen LogP contribution in [-0.2, 0) is 0 Å². The van der Waals surface area contributed by atoms with Gasteiger partial charge in [0, 0.05) is 13.1 Å². The van der Waals surface area contributed by atoms with Crippen LogP contribution in [0.3, 0.4) is 0 Å². The molecule has 0 radical (unpaired) electrons. The highest BCUT2D eigenvalue weighted by molar-refractivity contribution is 6.37. The van der Waals surface area contributed by atoms with E-state index in [9.17, 15) is 5.11 Å². The Morgan fingerprint density at radius 1 is 1.35 bits per heavy atom. The van der Waals surface area contributed by atoms with E-state index in [0.717, 1.165) is 6.54 Å². The number of rotatable bonds is 7. The summed E-state index contributed by atoms with van der Waals surface area (Å²) in [5.74, 6) is 0.431. The second kappa shape index (κ2) is 6.99. The number of benzene rings is 1. The Morgan fingerprint density at radius 2 is 2.00 bits per heavy atom. The molecule has 0 spiro atoms. The highest BCUT2D eigenvalue weighted by Crippen LogP contribution is 2.39. The SMILES string of the molecule is CC1(CNCC(O)COc2c(Cl)cccc2Cl)CCC1. The van der Waals surface area contributed by atoms with E-state index in [0.29, 0.717) is 27.8 Å². The molecule has 0 bridgehead atoms. The molecule has 0 aromatic heterocycles. The molecule has 1 fully saturated rings. The van der Waals surface area contributed by atoms with Gasteiger partial charge in [0.1, 0.15) is 12.7 Å². The molecule has 1 aliphatic rings. The topological polar surface area (TPSA) is 41.5 Å². The van der Waals surface area contributed by atoms with Crippen molar-refractivity contribution in [1.82, 2.24) is 5.32 Å².